The normalized spacial score (nSPS) is 12.4. The zero-order valence-electron chi connectivity index (χ0n) is 10.5. The van der Waals surface area contributed by atoms with Gasteiger partial charge in [-0.25, -0.2) is 4.39 Å². The van der Waals surface area contributed by atoms with E-state index in [0.717, 1.165) is 10.7 Å². The lowest BCUT2D eigenvalue weighted by molar-refractivity contribution is -0.387. The van der Waals surface area contributed by atoms with Crippen molar-refractivity contribution in [2.75, 3.05) is 7.05 Å². The molecule has 0 aliphatic carbocycles. The minimum atomic E-state index is -1.26. The number of nitro benzene ring substituents is 1. The molecular weight excluding hydrogens is 274 g/mol. The predicted molar refractivity (Wildman–Crippen MR) is 63.2 cm³/mol. The fraction of sp³-hybridized carbons (Fsp3) is 0.300. The van der Waals surface area contributed by atoms with Crippen molar-refractivity contribution in [2.24, 2.45) is 0 Å². The van der Waals surface area contributed by atoms with Crippen LogP contribution in [-0.4, -0.2) is 32.2 Å². The van der Waals surface area contributed by atoms with Crippen molar-refractivity contribution in [2.45, 2.75) is 13.0 Å². The summed E-state index contributed by atoms with van der Waals surface area (Å²) in [5.41, 5.74) is -1.14. The average Bonchev–Trinajstić information content (AvgIpc) is 2.86. The number of hydrogen-bond acceptors (Lipinski definition) is 6. The van der Waals surface area contributed by atoms with Crippen LogP contribution in [0.25, 0.3) is 5.69 Å². The number of hydrogen-bond donors (Lipinski definition) is 1. The van der Waals surface area contributed by atoms with Crippen LogP contribution in [0.4, 0.5) is 14.5 Å². The summed E-state index contributed by atoms with van der Waals surface area (Å²) in [7, 11) is 1.65. The van der Waals surface area contributed by atoms with Crippen LogP contribution in [0, 0.1) is 21.7 Å². The first-order chi connectivity index (χ1) is 9.45. The number of nitro groups is 1. The van der Waals surface area contributed by atoms with Crippen molar-refractivity contribution in [3.8, 4) is 5.69 Å². The van der Waals surface area contributed by atoms with Crippen molar-refractivity contribution in [3.63, 3.8) is 0 Å². The van der Waals surface area contributed by atoms with Crippen LogP contribution in [0.5, 0.6) is 0 Å². The van der Waals surface area contributed by atoms with Crippen molar-refractivity contribution >= 4 is 5.69 Å². The third kappa shape index (κ3) is 2.32. The third-order valence-electron chi connectivity index (χ3n) is 2.76. The van der Waals surface area contributed by atoms with Crippen LogP contribution in [0.2, 0.25) is 0 Å². The quantitative estimate of drug-likeness (QED) is 0.667. The largest absolute Gasteiger partial charge is 0.311 e. The Morgan fingerprint density at radius 2 is 2.10 bits per heavy atom. The topological polar surface area (TPSA) is 98.8 Å². The smallest absolute Gasteiger partial charge is 0.307 e. The van der Waals surface area contributed by atoms with Gasteiger partial charge in [-0.05, 0) is 24.4 Å². The number of nitrogens with one attached hydrogen (secondary N) is 1. The zero-order chi connectivity index (χ0) is 14.9. The van der Waals surface area contributed by atoms with E-state index < -0.39 is 22.2 Å². The lowest BCUT2D eigenvalue weighted by Crippen LogP contribution is -2.18. The molecule has 1 heterocycles. The number of rotatable bonds is 4. The average molecular weight is 284 g/mol. The molecule has 0 aliphatic rings. The van der Waals surface area contributed by atoms with Gasteiger partial charge in [-0.15, -0.1) is 5.10 Å². The Hall–Kier alpha value is -2.49. The molecule has 20 heavy (non-hydrogen) atoms. The summed E-state index contributed by atoms with van der Waals surface area (Å²) in [6, 6.07) is 0.865. The molecule has 2 aromatic rings. The Bertz CT molecular complexity index is 659. The molecule has 0 spiro atoms. The first-order valence-corrected chi connectivity index (χ1v) is 5.55. The minimum Gasteiger partial charge on any atom is -0.311 e. The molecule has 1 unspecified atom stereocenters. The molecule has 0 bridgehead atoms. The van der Waals surface area contributed by atoms with Gasteiger partial charge in [0.1, 0.15) is 5.69 Å². The van der Waals surface area contributed by atoms with Gasteiger partial charge in [-0.3, -0.25) is 10.1 Å². The highest BCUT2D eigenvalue weighted by Gasteiger charge is 2.23. The molecule has 1 N–H and O–H groups in total. The van der Waals surface area contributed by atoms with Gasteiger partial charge in [-0.1, -0.05) is 0 Å². The predicted octanol–water partition coefficient (Wildman–Crippen LogP) is 1.13. The van der Waals surface area contributed by atoms with E-state index >= 15 is 0 Å². The number of nitrogens with zero attached hydrogens (tertiary/aromatic N) is 5. The highest BCUT2D eigenvalue weighted by atomic mass is 19.1. The molecular formula is C10H10F2N6O2. The first kappa shape index (κ1) is 13.9. The van der Waals surface area contributed by atoms with Gasteiger partial charge in [0.15, 0.2) is 11.6 Å². The van der Waals surface area contributed by atoms with Crippen LogP contribution >= 0.6 is 0 Å². The second-order valence-electron chi connectivity index (χ2n) is 3.97. The Morgan fingerprint density at radius 1 is 1.40 bits per heavy atom. The highest BCUT2D eigenvalue weighted by Crippen LogP contribution is 2.25. The molecule has 0 aliphatic heterocycles. The molecule has 1 aromatic carbocycles. The number of benzene rings is 1. The molecule has 106 valence electrons. The first-order valence-electron chi connectivity index (χ1n) is 5.55. The van der Waals surface area contributed by atoms with E-state index in [1.54, 1.807) is 14.0 Å². The number of halogens is 2. The molecule has 2 rings (SSSR count). The molecule has 8 nitrogen and oxygen atoms in total. The van der Waals surface area contributed by atoms with Gasteiger partial charge in [0.25, 0.3) is 0 Å². The molecule has 0 saturated carbocycles. The van der Waals surface area contributed by atoms with E-state index in [4.69, 9.17) is 0 Å². The van der Waals surface area contributed by atoms with Crippen LogP contribution in [0.1, 0.15) is 18.8 Å². The summed E-state index contributed by atoms with van der Waals surface area (Å²) < 4.78 is 28.1. The van der Waals surface area contributed by atoms with Crippen molar-refractivity contribution in [3.05, 3.63) is 39.7 Å². The Labute approximate surface area is 111 Å². The molecule has 0 radical (unpaired) electrons. The molecule has 0 saturated heterocycles. The maximum atomic E-state index is 13.8. The highest BCUT2D eigenvalue weighted by molar-refractivity contribution is 5.45. The minimum absolute atomic E-state index is 0.243. The van der Waals surface area contributed by atoms with E-state index in [1.807, 2.05) is 0 Å². The van der Waals surface area contributed by atoms with Crippen LogP contribution in [0.3, 0.4) is 0 Å². The molecule has 1 atom stereocenters. The third-order valence-corrected chi connectivity index (χ3v) is 2.76. The summed E-state index contributed by atoms with van der Waals surface area (Å²) in [5.74, 6) is -2.01. The summed E-state index contributed by atoms with van der Waals surface area (Å²) in [6.07, 6.45) is 0. The Morgan fingerprint density at radius 3 is 2.70 bits per heavy atom. The summed E-state index contributed by atoms with van der Waals surface area (Å²) in [5, 5.41) is 24.2. The molecule has 10 heteroatoms. The fourth-order valence-corrected chi connectivity index (χ4v) is 1.59. The van der Waals surface area contributed by atoms with Gasteiger partial charge >= 0.3 is 5.69 Å². The summed E-state index contributed by atoms with van der Waals surface area (Å²) in [4.78, 5) is 9.76. The summed E-state index contributed by atoms with van der Waals surface area (Å²) in [6.45, 7) is 1.72. The SMILES string of the molecule is CNC(C)c1nnnn1-c1cc([N+](=O)[O-])c(F)cc1F. The lowest BCUT2D eigenvalue weighted by Gasteiger charge is -2.10. The van der Waals surface area contributed by atoms with Crippen LogP contribution in [0.15, 0.2) is 12.1 Å². The maximum Gasteiger partial charge on any atom is 0.307 e. The van der Waals surface area contributed by atoms with Crippen molar-refractivity contribution < 1.29 is 13.7 Å². The van der Waals surface area contributed by atoms with E-state index in [1.165, 1.54) is 0 Å². The lowest BCUT2D eigenvalue weighted by atomic mass is 10.2. The van der Waals surface area contributed by atoms with Gasteiger partial charge in [-0.2, -0.15) is 9.07 Å². The van der Waals surface area contributed by atoms with Crippen molar-refractivity contribution in [1.29, 1.82) is 0 Å². The monoisotopic (exact) mass is 284 g/mol. The second-order valence-corrected chi connectivity index (χ2v) is 3.97. The van der Waals surface area contributed by atoms with Gasteiger partial charge in [0.2, 0.25) is 5.82 Å². The van der Waals surface area contributed by atoms with Crippen LogP contribution in [-0.2, 0) is 0 Å². The Kier molecular flexibility index (Phi) is 3.66. The van der Waals surface area contributed by atoms with Crippen LogP contribution < -0.4 is 5.32 Å². The van der Waals surface area contributed by atoms with E-state index in [-0.39, 0.29) is 17.6 Å². The molecule has 1 aromatic heterocycles. The van der Waals surface area contributed by atoms with Gasteiger partial charge < -0.3 is 5.32 Å². The van der Waals surface area contributed by atoms with Crippen molar-refractivity contribution in [1.82, 2.24) is 25.5 Å². The van der Waals surface area contributed by atoms with Gasteiger partial charge in [0, 0.05) is 12.1 Å². The maximum absolute atomic E-state index is 13.8. The van der Waals surface area contributed by atoms with Gasteiger partial charge in [0.05, 0.1) is 11.0 Å². The number of tetrazole rings is 1. The van der Waals surface area contributed by atoms with E-state index in [9.17, 15) is 18.9 Å². The molecule has 0 amide bonds. The zero-order valence-corrected chi connectivity index (χ0v) is 10.5. The Balaban J connectivity index is 2.61. The fourth-order valence-electron chi connectivity index (χ4n) is 1.59. The van der Waals surface area contributed by atoms with E-state index in [0.29, 0.717) is 6.07 Å². The standard InChI is InChI=1S/C10H10F2N6O2/c1-5(13-2)10-14-15-16-17(10)8-4-9(18(19)20)7(12)3-6(8)11/h3-5,13H,1-2H3. The summed E-state index contributed by atoms with van der Waals surface area (Å²) >= 11 is 0. The molecule has 0 fully saturated rings. The second kappa shape index (κ2) is 5.25. The van der Waals surface area contributed by atoms with E-state index in [2.05, 4.69) is 20.8 Å². The number of aromatic nitrogens is 4.